The Morgan fingerprint density at radius 1 is 0.474 bits per heavy atom. The number of allylic oxidation sites excluding steroid dienone is 2. The zero-order valence-corrected chi connectivity index (χ0v) is 24.3. The number of carboxylic acid groups (broad SMARTS) is 3. The van der Waals surface area contributed by atoms with Crippen LogP contribution in [0.1, 0.15) is 142 Å². The zero-order valence-electron chi connectivity index (χ0n) is 24.3. The monoisotopic (exact) mass is 540 g/mol. The first kappa shape index (κ1) is 36.1. The van der Waals surface area contributed by atoms with Crippen LogP contribution >= 0.6 is 0 Å². The smallest absolute Gasteiger partial charge is 0.309 e. The summed E-state index contributed by atoms with van der Waals surface area (Å²) in [5, 5.41) is 27.4. The van der Waals surface area contributed by atoms with Crippen molar-refractivity contribution in [3.05, 3.63) is 12.2 Å². The predicted molar refractivity (Wildman–Crippen MR) is 154 cm³/mol. The highest BCUT2D eigenvalue weighted by Gasteiger charge is 2.29. The van der Waals surface area contributed by atoms with Gasteiger partial charge in [-0.1, -0.05) is 96.1 Å². The van der Waals surface area contributed by atoms with E-state index >= 15 is 0 Å². The van der Waals surface area contributed by atoms with Crippen molar-refractivity contribution in [2.45, 2.75) is 142 Å². The van der Waals surface area contributed by atoms with Gasteiger partial charge in [-0.3, -0.25) is 14.4 Å². The van der Waals surface area contributed by atoms with Gasteiger partial charge in [-0.05, 0) is 38.5 Å². The fourth-order valence-corrected chi connectivity index (χ4v) is 5.07. The van der Waals surface area contributed by atoms with E-state index in [1.165, 1.54) is 77.0 Å². The Morgan fingerprint density at radius 3 is 1.13 bits per heavy atom. The molecule has 7 nitrogen and oxygen atoms in total. The molecule has 0 spiro atoms. The van der Waals surface area contributed by atoms with Crippen molar-refractivity contribution in [1.82, 2.24) is 0 Å². The lowest BCUT2D eigenvalue weighted by Crippen LogP contribution is -2.52. The van der Waals surface area contributed by atoms with Crippen molar-refractivity contribution >= 4 is 17.9 Å². The van der Waals surface area contributed by atoms with Gasteiger partial charge in [0, 0.05) is 0 Å². The number of carboxylic acids is 3. The van der Waals surface area contributed by atoms with Crippen LogP contribution in [-0.2, 0) is 14.4 Å². The van der Waals surface area contributed by atoms with Gasteiger partial charge in [0.15, 0.2) is 0 Å². The van der Waals surface area contributed by atoms with Crippen LogP contribution in [0.3, 0.4) is 0 Å². The molecule has 0 atom stereocenters. The minimum atomic E-state index is -0.935. The average Bonchev–Trinajstić information content (AvgIpc) is 2.88. The van der Waals surface area contributed by atoms with Gasteiger partial charge in [-0.15, -0.1) is 0 Å². The molecule has 38 heavy (non-hydrogen) atoms. The third-order valence-electron chi connectivity index (χ3n) is 7.54. The summed E-state index contributed by atoms with van der Waals surface area (Å²) >= 11 is 0. The van der Waals surface area contributed by atoms with E-state index in [1.807, 2.05) is 0 Å². The van der Waals surface area contributed by atoms with E-state index in [0.29, 0.717) is 6.54 Å². The maximum absolute atomic E-state index is 11.1. The highest BCUT2D eigenvalue weighted by Crippen LogP contribution is 2.17. The zero-order chi connectivity index (χ0) is 28.3. The fraction of sp³-hybridized carbons (Fsp3) is 0.839. The van der Waals surface area contributed by atoms with Crippen molar-refractivity contribution < 1.29 is 34.2 Å². The third kappa shape index (κ3) is 24.4. The van der Waals surface area contributed by atoms with Gasteiger partial charge < -0.3 is 19.8 Å². The maximum Gasteiger partial charge on any atom is 0.309 e. The average molecular weight is 541 g/mol. The highest BCUT2D eigenvalue weighted by atomic mass is 16.4. The van der Waals surface area contributed by atoms with E-state index in [4.69, 9.17) is 15.3 Å². The molecule has 0 saturated carbocycles. The first-order valence-electron chi connectivity index (χ1n) is 15.5. The fourth-order valence-electron chi connectivity index (χ4n) is 5.07. The molecule has 0 heterocycles. The molecule has 3 N–H and O–H groups in total. The second kappa shape index (κ2) is 25.4. The van der Waals surface area contributed by atoms with Crippen molar-refractivity contribution in [1.29, 1.82) is 0 Å². The Bertz CT molecular complexity index is 588. The number of carbonyl (C=O) groups is 3. The summed E-state index contributed by atoms with van der Waals surface area (Å²) in [5.41, 5.74) is 0. The molecule has 0 saturated heterocycles. The lowest BCUT2D eigenvalue weighted by atomic mass is 10.0. The third-order valence-corrected chi connectivity index (χ3v) is 7.54. The molecule has 0 aromatic carbocycles. The molecule has 0 radical (unpaired) electrons. The molecule has 0 aromatic heterocycles. The van der Waals surface area contributed by atoms with Crippen LogP contribution in [0.15, 0.2) is 12.2 Å². The second-order valence-corrected chi connectivity index (χ2v) is 11.0. The molecule has 0 bridgehead atoms. The minimum absolute atomic E-state index is 0.0786. The van der Waals surface area contributed by atoms with Crippen molar-refractivity contribution in [3.63, 3.8) is 0 Å². The molecule has 0 fully saturated rings. The van der Waals surface area contributed by atoms with E-state index in [-0.39, 0.29) is 43.4 Å². The van der Waals surface area contributed by atoms with Crippen molar-refractivity contribution in [3.8, 4) is 0 Å². The van der Waals surface area contributed by atoms with Gasteiger partial charge in [0.2, 0.25) is 0 Å². The van der Waals surface area contributed by atoms with Crippen LogP contribution in [-0.4, -0.2) is 63.9 Å². The van der Waals surface area contributed by atoms with E-state index in [9.17, 15) is 14.4 Å². The second-order valence-electron chi connectivity index (χ2n) is 11.0. The molecule has 0 rings (SSSR count). The minimum Gasteiger partial charge on any atom is -0.481 e. The van der Waals surface area contributed by atoms with Crippen LogP contribution in [0.2, 0.25) is 0 Å². The van der Waals surface area contributed by atoms with Gasteiger partial charge in [-0.2, -0.15) is 0 Å². The quantitative estimate of drug-likeness (QED) is 0.0506. The Morgan fingerprint density at radius 2 is 0.789 bits per heavy atom. The summed E-state index contributed by atoms with van der Waals surface area (Å²) in [7, 11) is 0. The van der Waals surface area contributed by atoms with E-state index < -0.39 is 17.9 Å². The number of hydrogen-bond acceptors (Lipinski definition) is 3. The number of nitrogens with zero attached hydrogens (tertiary/aromatic N) is 1. The van der Waals surface area contributed by atoms with Gasteiger partial charge in [0.05, 0.1) is 45.4 Å². The summed E-state index contributed by atoms with van der Waals surface area (Å²) in [5.74, 6) is -2.81. The Hall–Kier alpha value is -1.89. The van der Waals surface area contributed by atoms with Crippen LogP contribution in [0.4, 0.5) is 0 Å². The number of unbranched alkanes of at least 4 members (excludes halogenated alkanes) is 16. The van der Waals surface area contributed by atoms with Gasteiger partial charge >= 0.3 is 17.9 Å². The number of rotatable bonds is 29. The van der Waals surface area contributed by atoms with Gasteiger partial charge in [0.25, 0.3) is 0 Å². The standard InChI is InChI=1S/C31H57NO6/c1-2-3-4-5-6-7-8-9-10-11-12-13-14-15-16-17-18-19-20-21-25-32(26-22-29(33)34,27-23-30(35)36)28-24-31(37)38/h14-15H,2-13,16-28H2,1H3,(H2-,33,34,35,36,37,38)/p+1/b15-14+. The molecule has 0 unspecified atom stereocenters. The summed E-state index contributed by atoms with van der Waals surface area (Å²) in [6.45, 7) is 3.73. The molecule has 0 aliphatic carbocycles. The van der Waals surface area contributed by atoms with Crippen molar-refractivity contribution in [2.24, 2.45) is 0 Å². The maximum atomic E-state index is 11.1. The van der Waals surface area contributed by atoms with Crippen LogP contribution in [0, 0.1) is 0 Å². The van der Waals surface area contributed by atoms with Crippen LogP contribution < -0.4 is 0 Å². The number of hydrogen-bond donors (Lipinski definition) is 3. The largest absolute Gasteiger partial charge is 0.481 e. The molecule has 0 aliphatic rings. The molecule has 0 aromatic rings. The summed E-state index contributed by atoms with van der Waals surface area (Å²) in [6, 6.07) is 0. The lowest BCUT2D eigenvalue weighted by molar-refractivity contribution is -0.927. The van der Waals surface area contributed by atoms with Gasteiger partial charge in [0.1, 0.15) is 0 Å². The molecule has 7 heteroatoms. The predicted octanol–water partition coefficient (Wildman–Crippen LogP) is 7.83. The van der Waals surface area contributed by atoms with E-state index in [0.717, 1.165) is 38.5 Å². The molecule has 0 amide bonds. The van der Waals surface area contributed by atoms with Crippen molar-refractivity contribution in [2.75, 3.05) is 26.2 Å². The summed E-state index contributed by atoms with van der Waals surface area (Å²) in [4.78, 5) is 33.4. The first-order chi connectivity index (χ1) is 18.3. The molecule has 222 valence electrons. The van der Waals surface area contributed by atoms with E-state index in [2.05, 4.69) is 19.1 Å². The Balaban J connectivity index is 3.94. The van der Waals surface area contributed by atoms with E-state index in [1.54, 1.807) is 0 Å². The summed E-state index contributed by atoms with van der Waals surface area (Å²) < 4.78 is 0.257. The first-order valence-corrected chi connectivity index (χ1v) is 15.5. The van der Waals surface area contributed by atoms with Crippen LogP contribution in [0.25, 0.3) is 0 Å². The highest BCUT2D eigenvalue weighted by molar-refractivity contribution is 5.67. The molecular weight excluding hydrogens is 482 g/mol. The number of aliphatic carboxylic acids is 3. The van der Waals surface area contributed by atoms with Crippen LogP contribution in [0.5, 0.6) is 0 Å². The Labute approximate surface area is 232 Å². The topological polar surface area (TPSA) is 112 Å². The Kier molecular flexibility index (Phi) is 24.1. The lowest BCUT2D eigenvalue weighted by Gasteiger charge is -2.38. The molecule has 0 aliphatic heterocycles. The SMILES string of the molecule is CCCCCCCCCCCCC/C=C/CCCCCCC[N+](CCC(=O)O)(CCC(=O)O)CCC(=O)O. The summed E-state index contributed by atoms with van der Waals surface area (Å²) in [6.07, 6.45) is 27.1. The molecular formula is C31H58NO6+. The normalized spacial score (nSPS) is 11.8. The number of quaternary nitrogens is 1. The van der Waals surface area contributed by atoms with Gasteiger partial charge in [-0.25, -0.2) is 0 Å².